The molecule has 1 amide bonds. The summed E-state index contributed by atoms with van der Waals surface area (Å²) in [5.74, 6) is -0.132. The third-order valence-corrected chi connectivity index (χ3v) is 10.7. The molecule has 0 bridgehead atoms. The Balaban J connectivity index is 0.000000157. The molecule has 6 aromatic heterocycles. The van der Waals surface area contributed by atoms with Crippen LogP contribution in [0.1, 0.15) is 70.8 Å². The monoisotopic (exact) mass is 832 g/mol. The first-order chi connectivity index (χ1) is 29.1. The zero-order valence-corrected chi connectivity index (χ0v) is 33.9. The van der Waals surface area contributed by atoms with Crippen molar-refractivity contribution in [1.82, 2.24) is 64.0 Å². The summed E-state index contributed by atoms with van der Waals surface area (Å²) < 4.78 is 63.4. The van der Waals surface area contributed by atoms with Crippen LogP contribution in [0.4, 0.5) is 17.6 Å². The first kappa shape index (κ1) is 39.6. The predicted molar refractivity (Wildman–Crippen MR) is 215 cm³/mol. The summed E-state index contributed by atoms with van der Waals surface area (Å²) in [5, 5.41) is 29.0. The minimum Gasteiger partial charge on any atom is -0.344 e. The van der Waals surface area contributed by atoms with Crippen LogP contribution in [0.5, 0.6) is 0 Å². The summed E-state index contributed by atoms with van der Waals surface area (Å²) in [6, 6.07) is 14.1. The van der Waals surface area contributed by atoms with E-state index in [1.807, 2.05) is 42.9 Å². The first-order valence-corrected chi connectivity index (χ1v) is 19.7. The maximum absolute atomic E-state index is 14.7. The highest BCUT2D eigenvalue weighted by molar-refractivity contribution is 5.79. The third kappa shape index (κ3) is 7.07. The molecule has 0 saturated heterocycles. The van der Waals surface area contributed by atoms with E-state index in [0.29, 0.717) is 57.1 Å². The molecular formula is C42H40F4N14O. The van der Waals surface area contributed by atoms with E-state index in [0.717, 1.165) is 62.6 Å². The Labute approximate surface area is 345 Å². The van der Waals surface area contributed by atoms with Gasteiger partial charge in [0, 0.05) is 56.1 Å². The number of imidazole rings is 2. The van der Waals surface area contributed by atoms with Gasteiger partial charge in [-0.05, 0) is 89.1 Å². The summed E-state index contributed by atoms with van der Waals surface area (Å²) >= 11 is 0. The van der Waals surface area contributed by atoms with Crippen molar-refractivity contribution in [2.75, 3.05) is 0 Å². The number of halogens is 4. The van der Waals surface area contributed by atoms with Crippen molar-refractivity contribution in [3.63, 3.8) is 0 Å². The van der Waals surface area contributed by atoms with Crippen LogP contribution in [-0.4, -0.2) is 64.6 Å². The van der Waals surface area contributed by atoms with Crippen LogP contribution < -0.4 is 11.1 Å². The van der Waals surface area contributed by atoms with Gasteiger partial charge in [-0.15, -0.1) is 20.4 Å². The number of aromatic nitrogens is 12. The number of hydrogen-bond donors (Lipinski definition) is 2. The van der Waals surface area contributed by atoms with Crippen molar-refractivity contribution in [2.45, 2.75) is 84.5 Å². The Kier molecular flexibility index (Phi) is 9.52. The van der Waals surface area contributed by atoms with Gasteiger partial charge < -0.3 is 20.2 Å². The summed E-state index contributed by atoms with van der Waals surface area (Å²) in [7, 11) is 0. The standard InChI is InChI=1S/C22H21F2N7O.C20H19F2N7/c1-12(32)26-22(2,3)21-28-27-18-9-8-16(29-31(18)21)20-19(25-17-5-4-10-30(17)20)14-7-6-13(23)11-15(14)24;1-20(2,23)19-26-25-16-8-7-14(27-29(16)19)18-17(24-15-4-3-9-28(15)18)12-6-5-11(21)10-13(12)22/h6-9,11H,4-5,10H2,1-3H3,(H,26,32);5-8,10H,3-4,9,23H2,1-2H3. The highest BCUT2D eigenvalue weighted by Gasteiger charge is 2.31. The fraction of sp³-hybridized carbons (Fsp3) is 0.310. The fourth-order valence-corrected chi connectivity index (χ4v) is 8.03. The van der Waals surface area contributed by atoms with Crippen LogP contribution in [-0.2, 0) is 41.8 Å². The Bertz CT molecular complexity index is 3030. The lowest BCUT2D eigenvalue weighted by Crippen LogP contribution is -2.41. The first-order valence-electron chi connectivity index (χ1n) is 19.7. The molecule has 2 aliphatic heterocycles. The van der Waals surface area contributed by atoms with Gasteiger partial charge in [0.25, 0.3) is 0 Å². The second-order valence-electron chi connectivity index (χ2n) is 16.3. The average Bonchev–Trinajstić information content (AvgIpc) is 4.03. The van der Waals surface area contributed by atoms with Crippen LogP contribution in [0, 0.1) is 23.3 Å². The number of rotatable bonds is 7. The highest BCUT2D eigenvalue weighted by atomic mass is 19.1. The number of fused-ring (bicyclic) bond motifs is 4. The molecule has 61 heavy (non-hydrogen) atoms. The minimum atomic E-state index is -0.817. The molecule has 0 radical (unpaired) electrons. The number of amides is 1. The lowest BCUT2D eigenvalue weighted by Gasteiger charge is -2.23. The molecular weight excluding hydrogens is 793 g/mol. The van der Waals surface area contributed by atoms with Crippen molar-refractivity contribution < 1.29 is 22.4 Å². The molecule has 0 aliphatic carbocycles. The van der Waals surface area contributed by atoms with E-state index >= 15 is 0 Å². The van der Waals surface area contributed by atoms with E-state index < -0.39 is 34.3 Å². The number of carbonyl (C=O) groups is 1. The van der Waals surface area contributed by atoms with E-state index in [9.17, 15) is 22.4 Å². The fourth-order valence-electron chi connectivity index (χ4n) is 8.03. The van der Waals surface area contributed by atoms with Gasteiger partial charge in [-0.1, -0.05) is 0 Å². The topological polar surface area (TPSA) is 177 Å². The van der Waals surface area contributed by atoms with Gasteiger partial charge >= 0.3 is 0 Å². The molecule has 2 aliphatic rings. The number of nitrogens with zero attached hydrogens (tertiary/aromatic N) is 12. The Morgan fingerprint density at radius 2 is 1.11 bits per heavy atom. The normalized spacial score (nSPS) is 13.7. The van der Waals surface area contributed by atoms with E-state index in [-0.39, 0.29) is 17.0 Å². The quantitative estimate of drug-likeness (QED) is 0.173. The SMILES string of the molecule is CC(=O)NC(C)(C)c1nnc2ccc(-c3c(-c4ccc(F)cc4F)nc4n3CCC4)nn12.CC(C)(N)c1nnc2ccc(-c3c(-c4ccc(F)cc4F)nc4n3CCC4)nn12. The Morgan fingerprint density at radius 1 is 0.656 bits per heavy atom. The molecule has 2 aromatic carbocycles. The van der Waals surface area contributed by atoms with Crippen molar-refractivity contribution in [2.24, 2.45) is 5.73 Å². The number of nitrogens with one attached hydrogen (secondary N) is 1. The van der Waals surface area contributed by atoms with Gasteiger partial charge in [-0.3, -0.25) is 4.79 Å². The van der Waals surface area contributed by atoms with Gasteiger partial charge in [-0.2, -0.15) is 19.2 Å². The lowest BCUT2D eigenvalue weighted by molar-refractivity contribution is -0.120. The van der Waals surface area contributed by atoms with Gasteiger partial charge in [0.15, 0.2) is 22.9 Å². The van der Waals surface area contributed by atoms with Crippen LogP contribution in [0.2, 0.25) is 0 Å². The van der Waals surface area contributed by atoms with Gasteiger partial charge in [0.2, 0.25) is 5.91 Å². The van der Waals surface area contributed by atoms with Crippen molar-refractivity contribution in [3.8, 4) is 45.3 Å². The Hall–Kier alpha value is -6.89. The summed E-state index contributed by atoms with van der Waals surface area (Å²) in [4.78, 5) is 21.0. The van der Waals surface area contributed by atoms with E-state index in [4.69, 9.17) is 15.9 Å². The number of aryl methyl sites for hydroxylation is 2. The van der Waals surface area contributed by atoms with E-state index in [2.05, 4.69) is 35.7 Å². The highest BCUT2D eigenvalue weighted by Crippen LogP contribution is 2.38. The van der Waals surface area contributed by atoms with Crippen LogP contribution >= 0.6 is 0 Å². The molecule has 0 saturated carbocycles. The molecule has 19 heteroatoms. The molecule has 0 spiro atoms. The van der Waals surface area contributed by atoms with E-state index in [1.54, 1.807) is 27.2 Å². The molecule has 0 unspecified atom stereocenters. The van der Waals surface area contributed by atoms with Gasteiger partial charge in [-0.25, -0.2) is 27.5 Å². The van der Waals surface area contributed by atoms with E-state index in [1.165, 1.54) is 31.2 Å². The van der Waals surface area contributed by atoms with Crippen LogP contribution in [0.15, 0.2) is 60.7 Å². The molecule has 8 aromatic rings. The number of hydrogen-bond acceptors (Lipinski definition) is 10. The second-order valence-corrected chi connectivity index (χ2v) is 16.3. The number of benzene rings is 2. The molecule has 8 heterocycles. The van der Waals surface area contributed by atoms with Crippen molar-refractivity contribution >= 4 is 17.2 Å². The minimum absolute atomic E-state index is 0.203. The average molecular weight is 833 g/mol. The molecule has 3 N–H and O–H groups in total. The summed E-state index contributed by atoms with van der Waals surface area (Å²) in [5.41, 5.74) is 9.56. The molecule has 0 fully saturated rings. The predicted octanol–water partition coefficient (Wildman–Crippen LogP) is 6.32. The number of nitrogens with two attached hydrogens (primary N) is 1. The molecule has 0 atom stereocenters. The zero-order chi connectivity index (χ0) is 43.0. The number of carbonyl (C=O) groups excluding carboxylic acids is 1. The molecule has 312 valence electrons. The molecule has 10 rings (SSSR count). The maximum Gasteiger partial charge on any atom is 0.217 e. The maximum atomic E-state index is 14.7. The zero-order valence-electron chi connectivity index (χ0n) is 33.9. The van der Waals surface area contributed by atoms with Crippen molar-refractivity contribution in [1.29, 1.82) is 0 Å². The van der Waals surface area contributed by atoms with Gasteiger partial charge in [0.05, 0.1) is 22.5 Å². The van der Waals surface area contributed by atoms with Crippen LogP contribution in [0.3, 0.4) is 0 Å². The molecule has 15 nitrogen and oxygen atoms in total. The smallest absolute Gasteiger partial charge is 0.217 e. The van der Waals surface area contributed by atoms with Crippen LogP contribution in [0.25, 0.3) is 56.6 Å². The lowest BCUT2D eigenvalue weighted by atomic mass is 10.0. The Morgan fingerprint density at radius 3 is 1.56 bits per heavy atom. The second kappa shape index (κ2) is 14.7. The third-order valence-electron chi connectivity index (χ3n) is 10.7. The van der Waals surface area contributed by atoms with Crippen molar-refractivity contribution in [3.05, 3.63) is 107 Å². The van der Waals surface area contributed by atoms with Gasteiger partial charge in [0.1, 0.15) is 57.7 Å². The largest absolute Gasteiger partial charge is 0.344 e. The summed E-state index contributed by atoms with van der Waals surface area (Å²) in [6.45, 7) is 10.2. The summed E-state index contributed by atoms with van der Waals surface area (Å²) in [6.07, 6.45) is 3.45.